The summed E-state index contributed by atoms with van der Waals surface area (Å²) in [5.41, 5.74) is 0.700. The Morgan fingerprint density at radius 2 is 1.31 bits per heavy atom. The highest BCUT2D eigenvalue weighted by Crippen LogP contribution is 2.59. The van der Waals surface area contributed by atoms with Crippen LogP contribution in [0.15, 0.2) is 0 Å². The maximum absolute atomic E-state index is 4.42. The van der Waals surface area contributed by atoms with Crippen LogP contribution in [0.3, 0.4) is 0 Å². The van der Waals surface area contributed by atoms with E-state index in [0.29, 0.717) is 22.9 Å². The highest BCUT2D eigenvalue weighted by Gasteiger charge is 2.70. The molecule has 0 saturated carbocycles. The van der Waals surface area contributed by atoms with Crippen molar-refractivity contribution in [1.82, 2.24) is 4.90 Å². The average Bonchev–Trinajstić information content (AvgIpc) is 2.52. The highest BCUT2D eigenvalue weighted by atomic mass is 32.1. The van der Waals surface area contributed by atoms with Crippen molar-refractivity contribution in [2.75, 3.05) is 5.88 Å². The molecule has 0 bridgehead atoms. The lowest BCUT2D eigenvalue weighted by Gasteiger charge is -2.21. The van der Waals surface area contributed by atoms with Gasteiger partial charge in [-0.1, -0.05) is 27.7 Å². The number of hydrogen-bond acceptors (Lipinski definition) is 2. The summed E-state index contributed by atoms with van der Waals surface area (Å²) < 4.78 is 0. The van der Waals surface area contributed by atoms with E-state index < -0.39 is 0 Å². The minimum absolute atomic E-state index is 0.350. The number of rotatable bonds is 3. The topological polar surface area (TPSA) is 3.01 Å². The van der Waals surface area contributed by atoms with E-state index in [2.05, 4.69) is 59.1 Å². The Hall–Kier alpha value is 0.310. The third-order valence-electron chi connectivity index (χ3n) is 4.49. The molecule has 1 heterocycles. The normalized spacial score (nSPS) is 44.5. The second-order valence-corrected chi connectivity index (χ2v) is 5.46. The van der Waals surface area contributed by atoms with Crippen LogP contribution in [0, 0.1) is 11.8 Å². The van der Waals surface area contributed by atoms with Crippen LogP contribution in [0.1, 0.15) is 41.5 Å². The summed E-state index contributed by atoms with van der Waals surface area (Å²) in [6.45, 7) is 14.0. The number of hydrogen-bond donors (Lipinski definition) is 1. The summed E-state index contributed by atoms with van der Waals surface area (Å²) in [7, 11) is 0. The van der Waals surface area contributed by atoms with E-state index in [-0.39, 0.29) is 0 Å². The zero-order valence-corrected chi connectivity index (χ0v) is 10.7. The fraction of sp³-hybridized carbons (Fsp3) is 1.00. The van der Waals surface area contributed by atoms with Gasteiger partial charge >= 0.3 is 0 Å². The standard InChI is InChI=1S/C11H23NS/c1-8(2)10(5)11(6,9(3)4)12(10)7-13/h8-9,13H,7H2,1-6H3. The van der Waals surface area contributed by atoms with Crippen LogP contribution in [0.5, 0.6) is 0 Å². The van der Waals surface area contributed by atoms with Gasteiger partial charge in [-0.25, -0.2) is 0 Å². The van der Waals surface area contributed by atoms with Crippen molar-refractivity contribution in [2.24, 2.45) is 11.8 Å². The number of thiol groups is 1. The van der Waals surface area contributed by atoms with Crippen molar-refractivity contribution in [2.45, 2.75) is 52.6 Å². The molecule has 1 nitrogen and oxygen atoms in total. The van der Waals surface area contributed by atoms with Crippen molar-refractivity contribution in [3.05, 3.63) is 0 Å². The van der Waals surface area contributed by atoms with Crippen LogP contribution in [-0.2, 0) is 0 Å². The highest BCUT2D eigenvalue weighted by molar-refractivity contribution is 7.80. The molecule has 2 atom stereocenters. The second-order valence-electron chi connectivity index (χ2n) is 5.17. The summed E-state index contributed by atoms with van der Waals surface area (Å²) in [4.78, 5) is 2.51. The number of nitrogens with zero attached hydrogens (tertiary/aromatic N) is 1. The first-order valence-corrected chi connectivity index (χ1v) is 5.85. The molecule has 0 aromatic heterocycles. The van der Waals surface area contributed by atoms with E-state index in [1.807, 2.05) is 0 Å². The van der Waals surface area contributed by atoms with Crippen molar-refractivity contribution in [3.63, 3.8) is 0 Å². The van der Waals surface area contributed by atoms with Crippen molar-refractivity contribution in [1.29, 1.82) is 0 Å². The van der Waals surface area contributed by atoms with E-state index in [9.17, 15) is 0 Å². The Kier molecular flexibility index (Phi) is 2.77. The molecule has 1 fully saturated rings. The van der Waals surface area contributed by atoms with Crippen molar-refractivity contribution in [3.8, 4) is 0 Å². The maximum Gasteiger partial charge on any atom is 0.0426 e. The average molecular weight is 201 g/mol. The lowest BCUT2D eigenvalue weighted by Crippen LogP contribution is -2.29. The quantitative estimate of drug-likeness (QED) is 0.542. The Morgan fingerprint density at radius 3 is 1.38 bits per heavy atom. The lowest BCUT2D eigenvalue weighted by molar-refractivity contribution is 0.373. The summed E-state index contributed by atoms with van der Waals surface area (Å²) in [6.07, 6.45) is 0. The van der Waals surface area contributed by atoms with E-state index in [4.69, 9.17) is 0 Å². The van der Waals surface area contributed by atoms with Crippen LogP contribution in [0.4, 0.5) is 0 Å². The van der Waals surface area contributed by atoms with Crippen LogP contribution in [0.25, 0.3) is 0 Å². The molecule has 0 amide bonds. The summed E-state index contributed by atoms with van der Waals surface area (Å²) in [5.74, 6) is 2.28. The van der Waals surface area contributed by atoms with Crippen molar-refractivity contribution < 1.29 is 0 Å². The SMILES string of the molecule is CC(C)C1(C)N(CS)C1(C)C(C)C. The lowest BCUT2D eigenvalue weighted by atomic mass is 9.80. The molecular formula is C11H23NS. The minimum Gasteiger partial charge on any atom is -0.279 e. The maximum atomic E-state index is 4.42. The van der Waals surface area contributed by atoms with Gasteiger partial charge in [0.05, 0.1) is 0 Å². The smallest absolute Gasteiger partial charge is 0.0426 e. The van der Waals surface area contributed by atoms with Gasteiger partial charge < -0.3 is 0 Å². The zero-order valence-electron chi connectivity index (χ0n) is 9.76. The Labute approximate surface area is 88.3 Å². The van der Waals surface area contributed by atoms with Crippen LogP contribution >= 0.6 is 12.6 Å². The predicted molar refractivity (Wildman–Crippen MR) is 62.2 cm³/mol. The zero-order chi connectivity index (χ0) is 10.4. The van der Waals surface area contributed by atoms with Crippen molar-refractivity contribution >= 4 is 12.6 Å². The van der Waals surface area contributed by atoms with Gasteiger partial charge in [0.15, 0.2) is 0 Å². The van der Waals surface area contributed by atoms with E-state index in [1.165, 1.54) is 0 Å². The molecular weight excluding hydrogens is 178 g/mol. The third-order valence-corrected chi connectivity index (χ3v) is 4.77. The van der Waals surface area contributed by atoms with Gasteiger partial charge in [-0.3, -0.25) is 4.90 Å². The fourth-order valence-corrected chi connectivity index (χ4v) is 3.41. The van der Waals surface area contributed by atoms with E-state index in [0.717, 1.165) is 5.88 Å². The van der Waals surface area contributed by atoms with Crippen LogP contribution < -0.4 is 0 Å². The third kappa shape index (κ3) is 1.18. The molecule has 0 N–H and O–H groups in total. The molecule has 13 heavy (non-hydrogen) atoms. The van der Waals surface area contributed by atoms with E-state index >= 15 is 0 Å². The molecule has 1 saturated heterocycles. The minimum atomic E-state index is 0.350. The fourth-order valence-electron chi connectivity index (χ4n) is 2.83. The van der Waals surface area contributed by atoms with Gasteiger partial charge in [0.1, 0.15) is 0 Å². The molecule has 1 aliphatic rings. The van der Waals surface area contributed by atoms with Gasteiger partial charge in [-0.2, -0.15) is 12.6 Å². The molecule has 2 heteroatoms. The molecule has 0 radical (unpaired) electrons. The van der Waals surface area contributed by atoms with Gasteiger partial charge in [-0.15, -0.1) is 0 Å². The Balaban J connectivity index is 2.91. The Bertz CT molecular complexity index is 182. The summed E-state index contributed by atoms with van der Waals surface area (Å²) >= 11 is 4.42. The first-order chi connectivity index (χ1) is 5.83. The predicted octanol–water partition coefficient (Wildman–Crippen LogP) is 3.02. The molecule has 78 valence electrons. The summed E-state index contributed by atoms with van der Waals surface area (Å²) in [6, 6.07) is 0. The van der Waals surface area contributed by atoms with Gasteiger partial charge in [0.2, 0.25) is 0 Å². The Morgan fingerprint density at radius 1 is 1.00 bits per heavy atom. The van der Waals surface area contributed by atoms with Gasteiger partial charge in [0, 0.05) is 17.0 Å². The first-order valence-electron chi connectivity index (χ1n) is 5.22. The molecule has 0 aliphatic carbocycles. The molecule has 0 aromatic rings. The van der Waals surface area contributed by atoms with E-state index in [1.54, 1.807) is 0 Å². The largest absolute Gasteiger partial charge is 0.279 e. The molecule has 0 spiro atoms. The molecule has 0 aromatic carbocycles. The van der Waals surface area contributed by atoms with Crippen LogP contribution in [0.2, 0.25) is 0 Å². The van der Waals surface area contributed by atoms with Crippen LogP contribution in [-0.4, -0.2) is 21.9 Å². The monoisotopic (exact) mass is 201 g/mol. The molecule has 1 rings (SSSR count). The van der Waals surface area contributed by atoms with Gasteiger partial charge in [0.25, 0.3) is 0 Å². The second kappa shape index (κ2) is 3.16. The summed E-state index contributed by atoms with van der Waals surface area (Å²) in [5, 5.41) is 0. The molecule has 1 aliphatic heterocycles. The first kappa shape index (κ1) is 11.4. The molecule has 2 unspecified atom stereocenters. The van der Waals surface area contributed by atoms with Gasteiger partial charge in [-0.05, 0) is 25.7 Å².